The Hall–Kier alpha value is -1.30. The van der Waals surface area contributed by atoms with E-state index in [0.29, 0.717) is 6.61 Å². The average Bonchev–Trinajstić information content (AvgIpc) is 3.11. The van der Waals surface area contributed by atoms with Gasteiger partial charge in [0.05, 0.1) is 12.6 Å². The lowest BCUT2D eigenvalue weighted by atomic mass is 9.96. The number of carbonyl (C=O) groups excluding carboxylic acids is 1. The van der Waals surface area contributed by atoms with Crippen LogP contribution in [0.25, 0.3) is 0 Å². The number of aliphatic carboxylic acids is 1. The number of carboxylic acid groups (broad SMARTS) is 1. The molecule has 2 amide bonds. The molecule has 0 spiro atoms. The fourth-order valence-electron chi connectivity index (χ4n) is 1.85. The summed E-state index contributed by atoms with van der Waals surface area (Å²) < 4.78 is 4.97. The van der Waals surface area contributed by atoms with Gasteiger partial charge < -0.3 is 20.1 Å². The number of carbonyl (C=O) groups is 2. The van der Waals surface area contributed by atoms with Gasteiger partial charge in [0.1, 0.15) is 5.54 Å². The number of hydrogen-bond donors (Lipinski definition) is 2. The van der Waals surface area contributed by atoms with Crippen LogP contribution in [0.5, 0.6) is 0 Å². The largest absolute Gasteiger partial charge is 0.480 e. The quantitative estimate of drug-likeness (QED) is 0.742. The van der Waals surface area contributed by atoms with Crippen molar-refractivity contribution in [2.24, 2.45) is 5.92 Å². The number of ether oxygens (including phenoxy) is 1. The highest BCUT2D eigenvalue weighted by molar-refractivity contribution is 5.86. The molecule has 2 unspecified atom stereocenters. The number of nitrogens with zero attached hydrogens (tertiary/aromatic N) is 1. The van der Waals surface area contributed by atoms with Gasteiger partial charge in [-0.3, -0.25) is 0 Å². The maximum atomic E-state index is 12.0. The van der Waals surface area contributed by atoms with Crippen molar-refractivity contribution in [1.29, 1.82) is 0 Å². The van der Waals surface area contributed by atoms with Crippen LogP contribution >= 0.6 is 0 Å². The first-order valence-electron chi connectivity index (χ1n) is 6.10. The lowest BCUT2D eigenvalue weighted by molar-refractivity contribution is -0.144. The Kier molecular flexibility index (Phi) is 4.56. The first-order valence-corrected chi connectivity index (χ1v) is 6.10. The number of urea groups is 1. The van der Waals surface area contributed by atoms with Gasteiger partial charge in [-0.15, -0.1) is 0 Å². The molecule has 0 aromatic carbocycles. The summed E-state index contributed by atoms with van der Waals surface area (Å²) in [4.78, 5) is 24.8. The van der Waals surface area contributed by atoms with Crippen LogP contribution in [0.1, 0.15) is 26.7 Å². The number of rotatable bonds is 6. The van der Waals surface area contributed by atoms with Crippen LogP contribution in [0.3, 0.4) is 0 Å². The van der Waals surface area contributed by atoms with Crippen molar-refractivity contribution >= 4 is 12.0 Å². The smallest absolute Gasteiger partial charge is 0.329 e. The van der Waals surface area contributed by atoms with Crippen molar-refractivity contribution in [2.75, 3.05) is 20.8 Å². The highest BCUT2D eigenvalue weighted by Crippen LogP contribution is 2.39. The molecule has 1 aliphatic rings. The van der Waals surface area contributed by atoms with E-state index in [4.69, 9.17) is 4.74 Å². The Labute approximate surface area is 107 Å². The van der Waals surface area contributed by atoms with Crippen molar-refractivity contribution in [3.8, 4) is 0 Å². The van der Waals surface area contributed by atoms with Crippen molar-refractivity contribution in [1.82, 2.24) is 10.2 Å². The minimum Gasteiger partial charge on any atom is -0.480 e. The van der Waals surface area contributed by atoms with E-state index in [1.165, 1.54) is 4.90 Å². The molecule has 1 rings (SSSR count). The van der Waals surface area contributed by atoms with Crippen LogP contribution in [0.4, 0.5) is 4.79 Å². The van der Waals surface area contributed by atoms with E-state index in [1.807, 2.05) is 6.92 Å². The molecule has 104 valence electrons. The van der Waals surface area contributed by atoms with Crippen LogP contribution in [-0.4, -0.2) is 54.4 Å². The van der Waals surface area contributed by atoms with Crippen molar-refractivity contribution in [3.63, 3.8) is 0 Å². The Morgan fingerprint density at radius 1 is 1.56 bits per heavy atom. The Morgan fingerprint density at radius 2 is 2.11 bits per heavy atom. The maximum Gasteiger partial charge on any atom is 0.329 e. The number of likely N-dealkylation sites (N-methyl/N-ethyl adjacent to an activating group) is 1. The van der Waals surface area contributed by atoms with Gasteiger partial charge in [0.25, 0.3) is 0 Å². The van der Waals surface area contributed by atoms with Gasteiger partial charge >= 0.3 is 12.0 Å². The Morgan fingerprint density at radius 3 is 2.50 bits per heavy atom. The number of amides is 2. The molecule has 2 N–H and O–H groups in total. The second-order valence-electron chi connectivity index (χ2n) is 5.13. The van der Waals surface area contributed by atoms with Crippen molar-refractivity contribution in [2.45, 2.75) is 38.3 Å². The molecule has 0 aromatic rings. The summed E-state index contributed by atoms with van der Waals surface area (Å²) in [6.07, 6.45) is 1.70. The predicted octanol–water partition coefficient (Wildman–Crippen LogP) is 0.916. The monoisotopic (exact) mass is 258 g/mol. The van der Waals surface area contributed by atoms with Gasteiger partial charge in [-0.2, -0.15) is 0 Å². The lowest BCUT2D eigenvalue weighted by Gasteiger charge is -2.31. The number of hydrogen-bond acceptors (Lipinski definition) is 3. The minimum absolute atomic E-state index is 0.0325. The van der Waals surface area contributed by atoms with Crippen molar-refractivity contribution < 1.29 is 19.4 Å². The van der Waals surface area contributed by atoms with Gasteiger partial charge in [0, 0.05) is 14.2 Å². The van der Waals surface area contributed by atoms with Crippen molar-refractivity contribution in [3.05, 3.63) is 0 Å². The van der Waals surface area contributed by atoms with E-state index >= 15 is 0 Å². The number of nitrogens with one attached hydrogen (secondary N) is 1. The van der Waals surface area contributed by atoms with Crippen LogP contribution in [0.2, 0.25) is 0 Å². The molecule has 6 heteroatoms. The third-order valence-electron chi connectivity index (χ3n) is 3.59. The Balaban J connectivity index is 2.64. The molecule has 18 heavy (non-hydrogen) atoms. The van der Waals surface area contributed by atoms with Crippen LogP contribution in [0.15, 0.2) is 0 Å². The Bertz CT molecular complexity index is 330. The second-order valence-corrected chi connectivity index (χ2v) is 5.13. The molecule has 0 saturated heterocycles. The molecule has 1 saturated carbocycles. The summed E-state index contributed by atoms with van der Waals surface area (Å²) in [5.41, 5.74) is -1.17. The van der Waals surface area contributed by atoms with Crippen LogP contribution in [-0.2, 0) is 9.53 Å². The predicted molar refractivity (Wildman–Crippen MR) is 66.4 cm³/mol. The highest BCUT2D eigenvalue weighted by atomic mass is 16.5. The number of methoxy groups -OCH3 is 1. The zero-order chi connectivity index (χ0) is 13.9. The maximum absolute atomic E-state index is 12.0. The number of carboxylic acids is 1. The summed E-state index contributed by atoms with van der Waals surface area (Å²) in [7, 11) is 3.20. The topological polar surface area (TPSA) is 78.9 Å². The third-order valence-corrected chi connectivity index (χ3v) is 3.59. The molecular formula is C12H22N2O4. The summed E-state index contributed by atoms with van der Waals surface area (Å²) in [5.74, 6) is -0.948. The normalized spacial score (nSPS) is 19.8. The molecule has 0 radical (unpaired) electrons. The molecule has 0 aliphatic heterocycles. The molecule has 0 aromatic heterocycles. The zero-order valence-electron chi connectivity index (χ0n) is 11.4. The standard InChI is InChI=1S/C12H22N2O4/c1-8(7-18-4)14(3)11(17)13-12(2,10(15)16)9-5-6-9/h8-9H,5-7H2,1-4H3,(H,13,17)(H,15,16). The van der Waals surface area contributed by atoms with Gasteiger partial charge in [-0.05, 0) is 32.6 Å². The molecule has 2 atom stereocenters. The summed E-state index contributed by atoms with van der Waals surface area (Å²) in [5, 5.41) is 11.9. The fraction of sp³-hybridized carbons (Fsp3) is 0.833. The highest BCUT2D eigenvalue weighted by Gasteiger charge is 2.49. The van der Waals surface area contributed by atoms with E-state index in [1.54, 1.807) is 21.1 Å². The van der Waals surface area contributed by atoms with Gasteiger partial charge in [-0.1, -0.05) is 0 Å². The summed E-state index contributed by atoms with van der Waals surface area (Å²) >= 11 is 0. The fourth-order valence-corrected chi connectivity index (χ4v) is 1.85. The zero-order valence-corrected chi connectivity index (χ0v) is 11.4. The first-order chi connectivity index (χ1) is 8.32. The van der Waals surface area contributed by atoms with E-state index < -0.39 is 11.5 Å². The van der Waals surface area contributed by atoms with Crippen LogP contribution < -0.4 is 5.32 Å². The van der Waals surface area contributed by atoms with E-state index in [-0.39, 0.29) is 18.0 Å². The van der Waals surface area contributed by atoms with Gasteiger partial charge in [-0.25, -0.2) is 9.59 Å². The second kappa shape index (κ2) is 5.56. The average molecular weight is 258 g/mol. The van der Waals surface area contributed by atoms with E-state index in [2.05, 4.69) is 5.32 Å². The molecule has 1 fully saturated rings. The summed E-state index contributed by atoms with van der Waals surface area (Å²) in [6.45, 7) is 3.83. The molecule has 6 nitrogen and oxygen atoms in total. The van der Waals surface area contributed by atoms with E-state index in [0.717, 1.165) is 12.8 Å². The summed E-state index contributed by atoms with van der Waals surface area (Å²) in [6, 6.07) is -0.483. The first kappa shape index (κ1) is 14.8. The minimum atomic E-state index is -1.17. The molecule has 0 bridgehead atoms. The van der Waals surface area contributed by atoms with Crippen LogP contribution in [0, 0.1) is 5.92 Å². The molecule has 0 heterocycles. The van der Waals surface area contributed by atoms with Gasteiger partial charge in [0.15, 0.2) is 0 Å². The molecular weight excluding hydrogens is 236 g/mol. The lowest BCUT2D eigenvalue weighted by Crippen LogP contribution is -2.58. The molecule has 1 aliphatic carbocycles. The van der Waals surface area contributed by atoms with E-state index in [9.17, 15) is 14.7 Å². The third kappa shape index (κ3) is 3.13. The SMILES string of the molecule is COCC(C)N(C)C(=O)NC(C)(C(=O)O)C1CC1. The van der Waals surface area contributed by atoms with Gasteiger partial charge in [0.2, 0.25) is 0 Å².